The third kappa shape index (κ3) is 4.45. The minimum Gasteiger partial charge on any atom is -0.490 e. The molecule has 1 aromatic carbocycles. The molecule has 2 atom stereocenters. The Kier molecular flexibility index (Phi) is 6.07. The molecule has 3 heteroatoms. The van der Waals surface area contributed by atoms with Gasteiger partial charge in [0.1, 0.15) is 11.9 Å². The molecule has 1 aliphatic rings. The molecule has 1 aromatic rings. The number of benzene rings is 1. The van der Waals surface area contributed by atoms with Crippen LogP contribution < -0.4 is 10.1 Å². The van der Waals surface area contributed by atoms with Crippen LogP contribution in [0, 0.1) is 0 Å². The van der Waals surface area contributed by atoms with Crippen molar-refractivity contribution in [3.63, 3.8) is 0 Å². The SMILES string of the molecule is CCCCc1ccc(OC2CCC(CO)(NCC)C2)cc1. The first-order valence-corrected chi connectivity index (χ1v) is 8.33. The largest absolute Gasteiger partial charge is 0.490 e. The lowest BCUT2D eigenvalue weighted by Crippen LogP contribution is -2.46. The van der Waals surface area contributed by atoms with Crippen LogP contribution in [0.3, 0.4) is 0 Å². The molecule has 2 rings (SSSR count). The maximum absolute atomic E-state index is 9.63. The van der Waals surface area contributed by atoms with E-state index in [-0.39, 0.29) is 18.2 Å². The molecule has 118 valence electrons. The third-order valence-electron chi connectivity index (χ3n) is 4.46. The summed E-state index contributed by atoms with van der Waals surface area (Å²) in [7, 11) is 0. The maximum Gasteiger partial charge on any atom is 0.119 e. The zero-order valence-corrected chi connectivity index (χ0v) is 13.4. The average molecular weight is 291 g/mol. The maximum atomic E-state index is 9.63. The summed E-state index contributed by atoms with van der Waals surface area (Å²) < 4.78 is 6.09. The van der Waals surface area contributed by atoms with Crippen LogP contribution in [0.2, 0.25) is 0 Å². The Labute approximate surface area is 128 Å². The second-order valence-corrected chi connectivity index (χ2v) is 6.20. The number of likely N-dealkylation sites (N-methyl/N-ethyl adjacent to an activating group) is 1. The summed E-state index contributed by atoms with van der Waals surface area (Å²) in [5.74, 6) is 0.950. The van der Waals surface area contributed by atoms with Crippen molar-refractivity contribution in [3.8, 4) is 5.75 Å². The number of rotatable bonds is 8. The van der Waals surface area contributed by atoms with Crippen molar-refractivity contribution < 1.29 is 9.84 Å². The minimum atomic E-state index is -0.138. The van der Waals surface area contributed by atoms with Gasteiger partial charge in [-0.2, -0.15) is 0 Å². The molecule has 3 nitrogen and oxygen atoms in total. The van der Waals surface area contributed by atoms with E-state index in [1.807, 2.05) is 0 Å². The van der Waals surface area contributed by atoms with Crippen LogP contribution in [0.5, 0.6) is 5.75 Å². The van der Waals surface area contributed by atoms with Crippen molar-refractivity contribution in [2.24, 2.45) is 0 Å². The van der Waals surface area contributed by atoms with Crippen LogP contribution in [0.1, 0.15) is 51.5 Å². The highest BCUT2D eigenvalue weighted by Gasteiger charge is 2.39. The number of hydrogen-bond donors (Lipinski definition) is 2. The van der Waals surface area contributed by atoms with Gasteiger partial charge in [-0.3, -0.25) is 0 Å². The molecule has 21 heavy (non-hydrogen) atoms. The fourth-order valence-corrected chi connectivity index (χ4v) is 3.22. The first kappa shape index (κ1) is 16.3. The van der Waals surface area contributed by atoms with Crippen molar-refractivity contribution in [1.82, 2.24) is 5.32 Å². The molecule has 0 aromatic heterocycles. The molecule has 0 aliphatic heterocycles. The van der Waals surface area contributed by atoms with E-state index in [9.17, 15) is 5.11 Å². The highest BCUT2D eigenvalue weighted by atomic mass is 16.5. The first-order chi connectivity index (χ1) is 10.2. The molecule has 0 bridgehead atoms. The predicted molar refractivity (Wildman–Crippen MR) is 86.8 cm³/mol. The van der Waals surface area contributed by atoms with Gasteiger partial charge in [0, 0.05) is 12.0 Å². The van der Waals surface area contributed by atoms with Crippen LogP contribution in [-0.4, -0.2) is 29.9 Å². The van der Waals surface area contributed by atoms with E-state index >= 15 is 0 Å². The second-order valence-electron chi connectivity index (χ2n) is 6.20. The lowest BCUT2D eigenvalue weighted by molar-refractivity contribution is 0.142. The summed E-state index contributed by atoms with van der Waals surface area (Å²) in [6.45, 7) is 5.38. The van der Waals surface area contributed by atoms with Gasteiger partial charge in [-0.1, -0.05) is 32.4 Å². The van der Waals surface area contributed by atoms with Crippen LogP contribution >= 0.6 is 0 Å². The molecule has 0 amide bonds. The van der Waals surface area contributed by atoms with Crippen molar-refractivity contribution >= 4 is 0 Å². The van der Waals surface area contributed by atoms with Gasteiger partial charge in [0.15, 0.2) is 0 Å². The summed E-state index contributed by atoms with van der Waals surface area (Å²) in [6.07, 6.45) is 6.70. The van der Waals surface area contributed by atoms with E-state index in [1.54, 1.807) is 0 Å². The number of hydrogen-bond acceptors (Lipinski definition) is 3. The fourth-order valence-electron chi connectivity index (χ4n) is 3.22. The topological polar surface area (TPSA) is 41.5 Å². The van der Waals surface area contributed by atoms with E-state index in [1.165, 1.54) is 18.4 Å². The van der Waals surface area contributed by atoms with Crippen molar-refractivity contribution in [3.05, 3.63) is 29.8 Å². The zero-order valence-electron chi connectivity index (χ0n) is 13.4. The number of aliphatic hydroxyl groups excluding tert-OH is 1. The van der Waals surface area contributed by atoms with E-state index in [2.05, 4.69) is 43.4 Å². The quantitative estimate of drug-likeness (QED) is 0.772. The molecule has 1 saturated carbocycles. The minimum absolute atomic E-state index is 0.138. The van der Waals surface area contributed by atoms with Crippen LogP contribution in [0.25, 0.3) is 0 Å². The van der Waals surface area contributed by atoms with Crippen molar-refractivity contribution in [2.75, 3.05) is 13.2 Å². The lowest BCUT2D eigenvalue weighted by atomic mass is 9.99. The molecule has 0 saturated heterocycles. The van der Waals surface area contributed by atoms with Gasteiger partial charge < -0.3 is 15.2 Å². The zero-order chi connectivity index (χ0) is 15.1. The number of aliphatic hydroxyl groups is 1. The molecule has 2 unspecified atom stereocenters. The van der Waals surface area contributed by atoms with Crippen LogP contribution in [-0.2, 0) is 6.42 Å². The Morgan fingerprint density at radius 1 is 1.29 bits per heavy atom. The van der Waals surface area contributed by atoms with Gasteiger partial charge in [0.2, 0.25) is 0 Å². The number of ether oxygens (including phenoxy) is 1. The normalized spacial score (nSPS) is 25.2. The Morgan fingerprint density at radius 2 is 2.05 bits per heavy atom. The van der Waals surface area contributed by atoms with Gasteiger partial charge in [0.05, 0.1) is 6.61 Å². The van der Waals surface area contributed by atoms with Gasteiger partial charge in [0.25, 0.3) is 0 Å². The molecule has 1 fully saturated rings. The average Bonchev–Trinajstić information content (AvgIpc) is 2.90. The van der Waals surface area contributed by atoms with E-state index in [0.29, 0.717) is 0 Å². The second kappa shape index (κ2) is 7.81. The predicted octanol–water partition coefficient (Wildman–Crippen LogP) is 3.30. The number of unbranched alkanes of at least 4 members (excludes halogenated alkanes) is 1. The Balaban J connectivity index is 1.88. The highest BCUT2D eigenvalue weighted by molar-refractivity contribution is 5.27. The third-order valence-corrected chi connectivity index (χ3v) is 4.46. The summed E-state index contributed by atoms with van der Waals surface area (Å²) in [5.41, 5.74) is 1.24. The summed E-state index contributed by atoms with van der Waals surface area (Å²) in [6, 6.07) is 8.50. The van der Waals surface area contributed by atoms with Crippen molar-refractivity contribution in [1.29, 1.82) is 0 Å². The molecule has 0 radical (unpaired) electrons. The molecular weight excluding hydrogens is 262 g/mol. The van der Waals surface area contributed by atoms with Crippen LogP contribution in [0.15, 0.2) is 24.3 Å². The van der Waals surface area contributed by atoms with Gasteiger partial charge in [-0.25, -0.2) is 0 Å². The summed E-state index contributed by atoms with van der Waals surface area (Å²) in [4.78, 5) is 0. The Bertz CT molecular complexity index is 418. The molecule has 1 aliphatic carbocycles. The molecule has 0 heterocycles. The van der Waals surface area contributed by atoms with Crippen LogP contribution in [0.4, 0.5) is 0 Å². The number of aryl methyl sites for hydroxylation is 1. The summed E-state index contributed by atoms with van der Waals surface area (Å²) >= 11 is 0. The molecule has 0 spiro atoms. The first-order valence-electron chi connectivity index (χ1n) is 8.33. The van der Waals surface area contributed by atoms with Gasteiger partial charge in [-0.15, -0.1) is 0 Å². The lowest BCUT2D eigenvalue weighted by Gasteiger charge is -2.27. The monoisotopic (exact) mass is 291 g/mol. The van der Waals surface area contributed by atoms with Gasteiger partial charge in [-0.05, 0) is 49.9 Å². The molecule has 2 N–H and O–H groups in total. The Morgan fingerprint density at radius 3 is 2.67 bits per heavy atom. The van der Waals surface area contributed by atoms with E-state index in [4.69, 9.17) is 4.74 Å². The smallest absolute Gasteiger partial charge is 0.119 e. The van der Waals surface area contributed by atoms with Crippen molar-refractivity contribution in [2.45, 2.75) is 64.0 Å². The fraction of sp³-hybridized carbons (Fsp3) is 0.667. The highest BCUT2D eigenvalue weighted by Crippen LogP contribution is 2.32. The van der Waals surface area contributed by atoms with E-state index in [0.717, 1.165) is 38.0 Å². The number of nitrogens with one attached hydrogen (secondary N) is 1. The van der Waals surface area contributed by atoms with E-state index < -0.39 is 0 Å². The Hall–Kier alpha value is -1.06. The van der Waals surface area contributed by atoms with Gasteiger partial charge >= 0.3 is 0 Å². The summed E-state index contributed by atoms with van der Waals surface area (Å²) in [5, 5.41) is 13.1. The molecular formula is C18H29NO2. The standard InChI is InChI=1S/C18H29NO2/c1-3-5-6-15-7-9-16(10-8-15)21-17-11-12-18(13-17,14-20)19-4-2/h7-10,17,19-20H,3-6,11-14H2,1-2H3.